The number of hydrogen-bond donors (Lipinski definition) is 4. The topological polar surface area (TPSA) is 147 Å². The van der Waals surface area contributed by atoms with E-state index in [1.165, 1.54) is 28.4 Å². The van der Waals surface area contributed by atoms with E-state index in [1.54, 1.807) is 36.4 Å². The van der Waals surface area contributed by atoms with E-state index in [1.807, 2.05) is 0 Å². The Hall–Kier alpha value is -3.76. The van der Waals surface area contributed by atoms with Crippen LogP contribution in [0.15, 0.2) is 24.3 Å². The molecule has 0 heterocycles. The van der Waals surface area contributed by atoms with Crippen molar-refractivity contribution in [3.8, 4) is 23.0 Å². The molecule has 6 N–H and O–H groups in total. The molecule has 0 spiro atoms. The van der Waals surface area contributed by atoms with Gasteiger partial charge in [0.15, 0.2) is 11.5 Å². The third-order valence-corrected chi connectivity index (χ3v) is 4.46. The van der Waals surface area contributed by atoms with Gasteiger partial charge in [0.05, 0.1) is 47.2 Å². The van der Waals surface area contributed by atoms with Gasteiger partial charge in [0.1, 0.15) is 11.4 Å². The first-order chi connectivity index (χ1) is 15.4. The van der Waals surface area contributed by atoms with Crippen LogP contribution in [0.3, 0.4) is 0 Å². The van der Waals surface area contributed by atoms with Crippen LogP contribution in [-0.4, -0.2) is 53.3 Å². The molecule has 2 aromatic carbocycles. The maximum absolute atomic E-state index is 12.1. The van der Waals surface area contributed by atoms with E-state index in [0.29, 0.717) is 34.2 Å². The summed E-state index contributed by atoms with van der Waals surface area (Å²) in [7, 11) is 6.03. The molecule has 0 aliphatic carbocycles. The number of rotatable bonds is 10. The van der Waals surface area contributed by atoms with Crippen molar-refractivity contribution in [2.24, 2.45) is 11.5 Å². The second-order valence-electron chi connectivity index (χ2n) is 6.40. The second-order valence-corrected chi connectivity index (χ2v) is 6.40. The van der Waals surface area contributed by atoms with Crippen LogP contribution >= 0.6 is 0 Å². The summed E-state index contributed by atoms with van der Waals surface area (Å²) >= 11 is 0. The minimum absolute atomic E-state index is 0.237. The van der Waals surface area contributed by atoms with Crippen molar-refractivity contribution in [1.29, 1.82) is 0 Å². The van der Waals surface area contributed by atoms with Crippen molar-refractivity contribution in [3.63, 3.8) is 0 Å². The fourth-order valence-electron chi connectivity index (χ4n) is 2.93. The predicted octanol–water partition coefficient (Wildman–Crippen LogP) is 1.69. The quantitative estimate of drug-likeness (QED) is 0.405. The number of ether oxygens (including phenoxy) is 4. The van der Waals surface area contributed by atoms with Crippen LogP contribution in [0.1, 0.15) is 11.1 Å². The minimum atomic E-state index is -0.447. The Morgan fingerprint density at radius 2 is 1.31 bits per heavy atom. The van der Waals surface area contributed by atoms with Gasteiger partial charge in [0.25, 0.3) is 0 Å². The van der Waals surface area contributed by atoms with Crippen LogP contribution in [0, 0.1) is 0 Å². The van der Waals surface area contributed by atoms with Gasteiger partial charge in [-0.3, -0.25) is 9.59 Å². The third-order valence-electron chi connectivity index (χ3n) is 4.46. The first-order valence-corrected chi connectivity index (χ1v) is 9.61. The first kappa shape index (κ1) is 24.5. The Bertz CT molecular complexity index is 981. The lowest BCUT2D eigenvalue weighted by molar-refractivity contribution is -0.115. The van der Waals surface area contributed by atoms with E-state index in [0.717, 1.165) is 5.56 Å². The molecule has 0 fully saturated rings. The molecule has 0 unspecified atom stereocenters. The average molecular weight is 444 g/mol. The number of hydrogen-bond acceptors (Lipinski definition) is 8. The van der Waals surface area contributed by atoms with Gasteiger partial charge in [-0.1, -0.05) is 12.2 Å². The van der Waals surface area contributed by atoms with Gasteiger partial charge in [0.2, 0.25) is 17.6 Å². The van der Waals surface area contributed by atoms with E-state index in [-0.39, 0.29) is 18.8 Å². The summed E-state index contributed by atoms with van der Waals surface area (Å²) in [5.41, 5.74) is 12.8. The number of carbonyl (C=O) groups is 2. The molecular formula is C22H28N4O6. The highest BCUT2D eigenvalue weighted by Gasteiger charge is 2.17. The molecule has 0 aliphatic rings. The van der Waals surface area contributed by atoms with E-state index in [9.17, 15) is 9.59 Å². The van der Waals surface area contributed by atoms with Gasteiger partial charge in [0, 0.05) is 5.56 Å². The van der Waals surface area contributed by atoms with Crippen molar-refractivity contribution in [2.75, 3.05) is 52.2 Å². The van der Waals surface area contributed by atoms with Crippen LogP contribution in [0.2, 0.25) is 0 Å². The maximum Gasteiger partial charge on any atom is 0.238 e. The second kappa shape index (κ2) is 11.6. The molecule has 0 aromatic heterocycles. The van der Waals surface area contributed by atoms with Gasteiger partial charge >= 0.3 is 0 Å². The molecule has 2 amide bonds. The van der Waals surface area contributed by atoms with Crippen molar-refractivity contribution in [3.05, 3.63) is 35.4 Å². The van der Waals surface area contributed by atoms with Crippen LogP contribution in [-0.2, 0) is 9.59 Å². The lowest BCUT2D eigenvalue weighted by Gasteiger charge is -2.18. The summed E-state index contributed by atoms with van der Waals surface area (Å²) in [6, 6.07) is 6.95. The van der Waals surface area contributed by atoms with E-state index >= 15 is 0 Å². The standard InChI is InChI=1S/C22H28N4O6/c1-29-15-8-7-14(20(25-18(27)11-23)21(15)26-19(28)12-24)6-5-13-9-16(30-2)22(32-4)17(10-13)31-3/h5-10H,11-12,23-24H2,1-4H3,(H,25,27)(H,26,28)/b6-5-. The Labute approximate surface area is 186 Å². The largest absolute Gasteiger partial charge is 0.494 e. The van der Waals surface area contributed by atoms with Gasteiger partial charge in [-0.05, 0) is 29.8 Å². The molecule has 32 heavy (non-hydrogen) atoms. The molecule has 172 valence electrons. The molecular weight excluding hydrogens is 416 g/mol. The Kier molecular flexibility index (Phi) is 8.87. The van der Waals surface area contributed by atoms with Crippen molar-refractivity contribution in [2.45, 2.75) is 0 Å². The zero-order valence-corrected chi connectivity index (χ0v) is 18.5. The molecule has 2 rings (SSSR count). The molecule has 0 saturated heterocycles. The summed E-state index contributed by atoms with van der Waals surface area (Å²) in [5.74, 6) is 0.923. The van der Waals surface area contributed by atoms with E-state index in [4.69, 9.17) is 30.4 Å². The van der Waals surface area contributed by atoms with Gasteiger partial charge in [-0.2, -0.15) is 0 Å². The zero-order valence-electron chi connectivity index (χ0n) is 18.5. The number of methoxy groups -OCH3 is 4. The monoisotopic (exact) mass is 444 g/mol. The number of nitrogens with two attached hydrogens (primary N) is 2. The maximum atomic E-state index is 12.1. The van der Waals surface area contributed by atoms with E-state index in [2.05, 4.69) is 10.6 Å². The SMILES string of the molecule is COc1ccc(/C=C\c2cc(OC)c(OC)c(OC)c2)c(NC(=O)CN)c1NC(=O)CN. The zero-order chi connectivity index (χ0) is 23.7. The molecule has 2 aromatic rings. The smallest absolute Gasteiger partial charge is 0.238 e. The molecule has 0 atom stereocenters. The normalized spacial score (nSPS) is 10.6. The van der Waals surface area contributed by atoms with Gasteiger partial charge < -0.3 is 41.0 Å². The summed E-state index contributed by atoms with van der Waals surface area (Å²) in [6.07, 6.45) is 3.54. The predicted molar refractivity (Wildman–Crippen MR) is 123 cm³/mol. The number of anilines is 2. The van der Waals surface area contributed by atoms with Crippen molar-refractivity contribution >= 4 is 35.3 Å². The van der Waals surface area contributed by atoms with Crippen LogP contribution in [0.5, 0.6) is 23.0 Å². The lowest BCUT2D eigenvalue weighted by atomic mass is 10.1. The minimum Gasteiger partial charge on any atom is -0.494 e. The molecule has 10 heteroatoms. The highest BCUT2D eigenvalue weighted by molar-refractivity contribution is 6.05. The van der Waals surface area contributed by atoms with Gasteiger partial charge in [-0.25, -0.2) is 0 Å². The number of nitrogens with one attached hydrogen (secondary N) is 2. The Morgan fingerprint density at radius 1 is 0.781 bits per heavy atom. The van der Waals surface area contributed by atoms with Crippen LogP contribution < -0.4 is 41.0 Å². The molecule has 10 nitrogen and oxygen atoms in total. The Morgan fingerprint density at radius 3 is 1.78 bits per heavy atom. The average Bonchev–Trinajstić information content (AvgIpc) is 2.82. The fourth-order valence-corrected chi connectivity index (χ4v) is 2.93. The summed E-state index contributed by atoms with van der Waals surface area (Å²) in [5, 5.41) is 5.38. The summed E-state index contributed by atoms with van der Waals surface area (Å²) in [6.45, 7) is -0.476. The van der Waals surface area contributed by atoms with Crippen molar-refractivity contribution in [1.82, 2.24) is 0 Å². The fraction of sp³-hybridized carbons (Fsp3) is 0.273. The molecule has 0 bridgehead atoms. The summed E-state index contributed by atoms with van der Waals surface area (Å²) in [4.78, 5) is 24.0. The molecule has 0 saturated carbocycles. The van der Waals surface area contributed by atoms with E-state index < -0.39 is 11.8 Å². The highest BCUT2D eigenvalue weighted by Crippen LogP contribution is 2.40. The first-order valence-electron chi connectivity index (χ1n) is 9.61. The number of benzene rings is 2. The van der Waals surface area contributed by atoms with Crippen molar-refractivity contribution < 1.29 is 28.5 Å². The number of amides is 2. The van der Waals surface area contributed by atoms with Crippen LogP contribution in [0.4, 0.5) is 11.4 Å². The number of carbonyl (C=O) groups excluding carboxylic acids is 2. The lowest BCUT2D eigenvalue weighted by Crippen LogP contribution is -2.26. The molecule has 0 radical (unpaired) electrons. The third kappa shape index (κ3) is 5.68. The molecule has 0 aliphatic heterocycles. The Balaban J connectivity index is 2.59. The highest BCUT2D eigenvalue weighted by atomic mass is 16.5. The van der Waals surface area contributed by atoms with Gasteiger partial charge in [-0.15, -0.1) is 0 Å². The van der Waals surface area contributed by atoms with Crippen LogP contribution in [0.25, 0.3) is 12.2 Å². The summed E-state index contributed by atoms with van der Waals surface area (Å²) < 4.78 is 21.4.